The molecule has 2 fully saturated rings. The van der Waals surface area contributed by atoms with Crippen LogP contribution >= 0.6 is 0 Å². The van der Waals surface area contributed by atoms with Crippen LogP contribution in [0.1, 0.15) is 32.1 Å². The standard InChI is InChI=1S/C12H23NO/c1-13-8-12(10-4-2-3-5-10)11-6-7-14-9-11/h10-13H,2-9H2,1H3. The lowest BCUT2D eigenvalue weighted by molar-refractivity contribution is 0.153. The molecule has 14 heavy (non-hydrogen) atoms. The van der Waals surface area contributed by atoms with Gasteiger partial charge in [-0.3, -0.25) is 0 Å². The van der Waals surface area contributed by atoms with Crippen molar-refractivity contribution < 1.29 is 4.74 Å². The molecule has 0 spiro atoms. The maximum Gasteiger partial charge on any atom is 0.0498 e. The molecule has 2 unspecified atom stereocenters. The SMILES string of the molecule is CNCC(C1CCCC1)C1CCOC1. The van der Waals surface area contributed by atoms with E-state index in [-0.39, 0.29) is 0 Å². The van der Waals surface area contributed by atoms with Crippen molar-refractivity contribution in [2.45, 2.75) is 32.1 Å². The number of hydrogen-bond donors (Lipinski definition) is 1. The molecule has 2 heteroatoms. The van der Waals surface area contributed by atoms with E-state index in [4.69, 9.17) is 4.74 Å². The van der Waals surface area contributed by atoms with Crippen LogP contribution in [-0.2, 0) is 4.74 Å². The van der Waals surface area contributed by atoms with Crippen molar-refractivity contribution >= 4 is 0 Å². The number of nitrogens with one attached hydrogen (secondary N) is 1. The fraction of sp³-hybridized carbons (Fsp3) is 1.00. The Morgan fingerprint density at radius 1 is 1.21 bits per heavy atom. The highest BCUT2D eigenvalue weighted by molar-refractivity contribution is 4.83. The quantitative estimate of drug-likeness (QED) is 0.745. The summed E-state index contributed by atoms with van der Waals surface area (Å²) in [5.41, 5.74) is 0. The Labute approximate surface area is 87.4 Å². The molecule has 0 aromatic heterocycles. The second-order valence-corrected chi connectivity index (χ2v) is 4.89. The van der Waals surface area contributed by atoms with Crippen LogP contribution in [0.5, 0.6) is 0 Å². The van der Waals surface area contributed by atoms with Gasteiger partial charge < -0.3 is 10.1 Å². The zero-order chi connectivity index (χ0) is 9.80. The zero-order valence-corrected chi connectivity index (χ0v) is 9.30. The molecule has 1 aliphatic carbocycles. The van der Waals surface area contributed by atoms with E-state index in [9.17, 15) is 0 Å². The van der Waals surface area contributed by atoms with E-state index < -0.39 is 0 Å². The van der Waals surface area contributed by atoms with Gasteiger partial charge in [0.1, 0.15) is 0 Å². The lowest BCUT2D eigenvalue weighted by atomic mass is 9.80. The van der Waals surface area contributed by atoms with Crippen LogP contribution in [-0.4, -0.2) is 26.8 Å². The summed E-state index contributed by atoms with van der Waals surface area (Å²) >= 11 is 0. The topological polar surface area (TPSA) is 21.3 Å². The lowest BCUT2D eigenvalue weighted by Crippen LogP contribution is -2.31. The van der Waals surface area contributed by atoms with Crippen LogP contribution in [0.15, 0.2) is 0 Å². The predicted octanol–water partition coefficient (Wildman–Crippen LogP) is 2.05. The molecular formula is C12H23NO. The molecule has 2 rings (SSSR count). The largest absolute Gasteiger partial charge is 0.381 e. The summed E-state index contributed by atoms with van der Waals surface area (Å²) in [7, 11) is 2.08. The lowest BCUT2D eigenvalue weighted by Gasteiger charge is -2.28. The van der Waals surface area contributed by atoms with E-state index in [0.717, 1.165) is 31.0 Å². The molecule has 0 radical (unpaired) electrons. The molecule has 1 aliphatic heterocycles. The van der Waals surface area contributed by atoms with Crippen LogP contribution in [0, 0.1) is 17.8 Å². The van der Waals surface area contributed by atoms with Gasteiger partial charge >= 0.3 is 0 Å². The van der Waals surface area contributed by atoms with E-state index in [0.29, 0.717) is 0 Å². The number of ether oxygens (including phenoxy) is 1. The molecule has 1 N–H and O–H groups in total. The van der Waals surface area contributed by atoms with Crippen molar-refractivity contribution in [1.29, 1.82) is 0 Å². The second-order valence-electron chi connectivity index (χ2n) is 4.89. The van der Waals surface area contributed by atoms with Gasteiger partial charge in [0.05, 0.1) is 0 Å². The highest BCUT2D eigenvalue weighted by Gasteiger charge is 2.32. The number of rotatable bonds is 4. The summed E-state index contributed by atoms with van der Waals surface area (Å²) < 4.78 is 5.52. The van der Waals surface area contributed by atoms with Crippen LogP contribution in [0.2, 0.25) is 0 Å². The molecule has 1 saturated carbocycles. The molecule has 1 saturated heterocycles. The number of hydrogen-bond acceptors (Lipinski definition) is 2. The summed E-state index contributed by atoms with van der Waals surface area (Å²) in [6, 6.07) is 0. The molecule has 0 aromatic carbocycles. The molecule has 1 heterocycles. The highest BCUT2D eigenvalue weighted by atomic mass is 16.5. The average molecular weight is 197 g/mol. The van der Waals surface area contributed by atoms with E-state index in [1.54, 1.807) is 0 Å². The Bertz CT molecular complexity index is 144. The van der Waals surface area contributed by atoms with E-state index in [1.165, 1.54) is 38.6 Å². The Hall–Kier alpha value is -0.0800. The van der Waals surface area contributed by atoms with Gasteiger partial charge in [0.2, 0.25) is 0 Å². The second kappa shape index (κ2) is 5.13. The molecule has 82 valence electrons. The van der Waals surface area contributed by atoms with Crippen molar-refractivity contribution in [3.63, 3.8) is 0 Å². The molecule has 2 nitrogen and oxygen atoms in total. The van der Waals surface area contributed by atoms with Crippen molar-refractivity contribution in [3.05, 3.63) is 0 Å². The third-order valence-corrected chi connectivity index (χ3v) is 4.02. The molecular weight excluding hydrogens is 174 g/mol. The molecule has 2 aliphatic rings. The Morgan fingerprint density at radius 2 is 2.00 bits per heavy atom. The van der Waals surface area contributed by atoms with Crippen LogP contribution in [0.25, 0.3) is 0 Å². The van der Waals surface area contributed by atoms with Crippen molar-refractivity contribution in [2.75, 3.05) is 26.8 Å². The van der Waals surface area contributed by atoms with Gasteiger partial charge in [-0.15, -0.1) is 0 Å². The monoisotopic (exact) mass is 197 g/mol. The minimum absolute atomic E-state index is 0.838. The third-order valence-electron chi connectivity index (χ3n) is 4.02. The first-order valence-electron chi connectivity index (χ1n) is 6.14. The Kier molecular flexibility index (Phi) is 3.82. The van der Waals surface area contributed by atoms with Gasteiger partial charge in [-0.05, 0) is 37.8 Å². The third kappa shape index (κ3) is 2.29. The van der Waals surface area contributed by atoms with Crippen LogP contribution in [0.3, 0.4) is 0 Å². The predicted molar refractivity (Wildman–Crippen MR) is 58.3 cm³/mol. The molecule has 0 amide bonds. The minimum atomic E-state index is 0.838. The van der Waals surface area contributed by atoms with Gasteiger partial charge in [0.25, 0.3) is 0 Å². The first-order valence-corrected chi connectivity index (χ1v) is 6.14. The fourth-order valence-corrected chi connectivity index (χ4v) is 3.23. The van der Waals surface area contributed by atoms with E-state index in [1.807, 2.05) is 0 Å². The highest BCUT2D eigenvalue weighted by Crippen LogP contribution is 2.37. The van der Waals surface area contributed by atoms with E-state index in [2.05, 4.69) is 12.4 Å². The first-order chi connectivity index (χ1) is 6.92. The summed E-state index contributed by atoms with van der Waals surface area (Å²) in [5.74, 6) is 2.70. The normalized spacial score (nSPS) is 31.1. The van der Waals surface area contributed by atoms with Gasteiger partial charge in [0, 0.05) is 13.2 Å². The zero-order valence-electron chi connectivity index (χ0n) is 9.30. The summed E-state index contributed by atoms with van der Waals surface area (Å²) in [4.78, 5) is 0. The van der Waals surface area contributed by atoms with E-state index >= 15 is 0 Å². The van der Waals surface area contributed by atoms with Crippen LogP contribution < -0.4 is 5.32 Å². The maximum absolute atomic E-state index is 5.52. The molecule has 0 aromatic rings. The summed E-state index contributed by atoms with van der Waals surface area (Å²) in [6.07, 6.45) is 7.13. The maximum atomic E-state index is 5.52. The van der Waals surface area contributed by atoms with Crippen LogP contribution in [0.4, 0.5) is 0 Å². The summed E-state index contributed by atoms with van der Waals surface area (Å²) in [6.45, 7) is 3.21. The summed E-state index contributed by atoms with van der Waals surface area (Å²) in [5, 5.41) is 3.37. The van der Waals surface area contributed by atoms with Gasteiger partial charge in [-0.2, -0.15) is 0 Å². The molecule has 2 atom stereocenters. The first kappa shape index (κ1) is 10.4. The van der Waals surface area contributed by atoms with Crippen molar-refractivity contribution in [2.24, 2.45) is 17.8 Å². The Morgan fingerprint density at radius 3 is 2.57 bits per heavy atom. The van der Waals surface area contributed by atoms with Crippen molar-refractivity contribution in [1.82, 2.24) is 5.32 Å². The fourth-order valence-electron chi connectivity index (χ4n) is 3.23. The van der Waals surface area contributed by atoms with Crippen molar-refractivity contribution in [3.8, 4) is 0 Å². The van der Waals surface area contributed by atoms with Gasteiger partial charge in [-0.25, -0.2) is 0 Å². The van der Waals surface area contributed by atoms with Gasteiger partial charge in [-0.1, -0.05) is 25.7 Å². The Balaban J connectivity index is 1.91. The van der Waals surface area contributed by atoms with Gasteiger partial charge in [0.15, 0.2) is 0 Å². The average Bonchev–Trinajstić information content (AvgIpc) is 2.87. The smallest absolute Gasteiger partial charge is 0.0498 e. The minimum Gasteiger partial charge on any atom is -0.381 e. The molecule has 0 bridgehead atoms.